The lowest BCUT2D eigenvalue weighted by Crippen LogP contribution is -2.15. The Hall–Kier alpha value is -1.85. The quantitative estimate of drug-likeness (QED) is 0.769. The Labute approximate surface area is 106 Å². The molecule has 1 heterocycles. The van der Waals surface area contributed by atoms with Crippen LogP contribution in [0, 0.1) is 12.8 Å². The standard InChI is InChI=1S/C12H19N3O3/c1-8(4-5-11(16)17)7-13-12-14-9(2)6-10(15-12)18-3/h6,8H,4-5,7H2,1-3H3,(H,16,17)(H,13,14,15). The van der Waals surface area contributed by atoms with Crippen LogP contribution >= 0.6 is 0 Å². The summed E-state index contributed by atoms with van der Waals surface area (Å²) in [5.74, 6) is 0.503. The van der Waals surface area contributed by atoms with Crippen LogP contribution < -0.4 is 10.1 Å². The van der Waals surface area contributed by atoms with E-state index in [0.717, 1.165) is 5.69 Å². The molecule has 0 saturated heterocycles. The molecule has 1 rings (SSSR count). The number of hydrogen-bond acceptors (Lipinski definition) is 5. The summed E-state index contributed by atoms with van der Waals surface area (Å²) < 4.78 is 5.05. The second kappa shape index (κ2) is 6.78. The van der Waals surface area contributed by atoms with Crippen LogP contribution in [-0.2, 0) is 4.79 Å². The first-order valence-corrected chi connectivity index (χ1v) is 5.86. The first-order valence-electron chi connectivity index (χ1n) is 5.86. The summed E-state index contributed by atoms with van der Waals surface area (Å²) in [4.78, 5) is 18.8. The monoisotopic (exact) mass is 253 g/mol. The van der Waals surface area contributed by atoms with Crippen molar-refractivity contribution in [1.29, 1.82) is 0 Å². The highest BCUT2D eigenvalue weighted by molar-refractivity contribution is 5.66. The summed E-state index contributed by atoms with van der Waals surface area (Å²) >= 11 is 0. The number of anilines is 1. The smallest absolute Gasteiger partial charge is 0.303 e. The number of aromatic nitrogens is 2. The van der Waals surface area contributed by atoms with Crippen LogP contribution in [0.2, 0.25) is 0 Å². The fourth-order valence-corrected chi connectivity index (χ4v) is 1.46. The molecule has 100 valence electrons. The van der Waals surface area contributed by atoms with Crippen molar-refractivity contribution in [2.45, 2.75) is 26.7 Å². The van der Waals surface area contributed by atoms with Crippen LogP contribution in [-0.4, -0.2) is 34.7 Å². The number of ether oxygens (including phenoxy) is 1. The van der Waals surface area contributed by atoms with Gasteiger partial charge in [-0.25, -0.2) is 4.98 Å². The van der Waals surface area contributed by atoms with Crippen LogP contribution in [0.4, 0.5) is 5.95 Å². The second-order valence-corrected chi connectivity index (χ2v) is 4.29. The molecule has 0 spiro atoms. The number of rotatable bonds is 7. The molecule has 1 atom stereocenters. The lowest BCUT2D eigenvalue weighted by molar-refractivity contribution is -0.137. The molecule has 1 aromatic rings. The number of hydrogen-bond donors (Lipinski definition) is 2. The van der Waals surface area contributed by atoms with E-state index in [9.17, 15) is 4.79 Å². The molecule has 0 saturated carbocycles. The Morgan fingerprint density at radius 2 is 2.28 bits per heavy atom. The molecule has 0 aromatic carbocycles. The lowest BCUT2D eigenvalue weighted by atomic mass is 10.1. The normalized spacial score (nSPS) is 11.9. The van der Waals surface area contributed by atoms with E-state index < -0.39 is 5.97 Å². The Kier molecular flexibility index (Phi) is 5.35. The SMILES string of the molecule is COc1cc(C)nc(NCC(C)CCC(=O)O)n1. The average molecular weight is 253 g/mol. The van der Waals surface area contributed by atoms with Gasteiger partial charge in [0, 0.05) is 24.7 Å². The molecule has 0 fully saturated rings. The van der Waals surface area contributed by atoms with Crippen LogP contribution in [0.5, 0.6) is 5.88 Å². The minimum atomic E-state index is -0.768. The van der Waals surface area contributed by atoms with E-state index in [4.69, 9.17) is 9.84 Å². The fraction of sp³-hybridized carbons (Fsp3) is 0.583. The van der Waals surface area contributed by atoms with E-state index in [1.807, 2.05) is 13.8 Å². The van der Waals surface area contributed by atoms with Gasteiger partial charge < -0.3 is 15.2 Å². The summed E-state index contributed by atoms with van der Waals surface area (Å²) in [5.41, 5.74) is 0.822. The lowest BCUT2D eigenvalue weighted by Gasteiger charge is -2.12. The minimum Gasteiger partial charge on any atom is -0.481 e. The van der Waals surface area contributed by atoms with Gasteiger partial charge in [-0.2, -0.15) is 4.98 Å². The van der Waals surface area contributed by atoms with Crippen molar-refractivity contribution in [2.24, 2.45) is 5.92 Å². The number of aliphatic carboxylic acids is 1. The first kappa shape index (κ1) is 14.2. The Balaban J connectivity index is 2.47. The highest BCUT2D eigenvalue weighted by Crippen LogP contribution is 2.12. The number of nitrogens with one attached hydrogen (secondary N) is 1. The van der Waals surface area contributed by atoms with Crippen LogP contribution in [0.3, 0.4) is 0 Å². The zero-order valence-corrected chi connectivity index (χ0v) is 10.9. The van der Waals surface area contributed by atoms with Gasteiger partial charge in [-0.05, 0) is 19.3 Å². The zero-order chi connectivity index (χ0) is 13.5. The summed E-state index contributed by atoms with van der Waals surface area (Å²) in [6.07, 6.45) is 0.812. The largest absolute Gasteiger partial charge is 0.481 e. The predicted molar refractivity (Wildman–Crippen MR) is 67.8 cm³/mol. The van der Waals surface area contributed by atoms with Crippen molar-refractivity contribution >= 4 is 11.9 Å². The third-order valence-corrected chi connectivity index (χ3v) is 2.50. The van der Waals surface area contributed by atoms with E-state index in [0.29, 0.717) is 24.8 Å². The third-order valence-electron chi connectivity index (χ3n) is 2.50. The second-order valence-electron chi connectivity index (χ2n) is 4.29. The summed E-state index contributed by atoms with van der Waals surface area (Å²) in [6.45, 7) is 4.49. The van der Waals surface area contributed by atoms with Gasteiger partial charge in [-0.3, -0.25) is 4.79 Å². The van der Waals surface area contributed by atoms with Crippen molar-refractivity contribution in [3.63, 3.8) is 0 Å². The predicted octanol–water partition coefficient (Wildman–Crippen LogP) is 1.71. The van der Waals surface area contributed by atoms with Gasteiger partial charge >= 0.3 is 5.97 Å². The highest BCUT2D eigenvalue weighted by Gasteiger charge is 2.07. The molecule has 0 amide bonds. The number of carboxylic acids is 1. The van der Waals surface area contributed by atoms with Gasteiger partial charge in [0.1, 0.15) is 0 Å². The van der Waals surface area contributed by atoms with Crippen LogP contribution in [0.15, 0.2) is 6.07 Å². The minimum absolute atomic E-state index is 0.181. The summed E-state index contributed by atoms with van der Waals surface area (Å²) in [7, 11) is 1.56. The molecule has 0 aliphatic carbocycles. The topological polar surface area (TPSA) is 84.3 Å². The average Bonchev–Trinajstić information content (AvgIpc) is 2.33. The summed E-state index contributed by atoms with van der Waals surface area (Å²) in [5, 5.41) is 11.7. The molecule has 1 aromatic heterocycles. The molecule has 6 heteroatoms. The molecular weight excluding hydrogens is 234 g/mol. The van der Waals surface area contributed by atoms with Gasteiger partial charge in [-0.1, -0.05) is 6.92 Å². The van der Waals surface area contributed by atoms with Gasteiger partial charge in [-0.15, -0.1) is 0 Å². The molecule has 0 aliphatic rings. The van der Waals surface area contributed by atoms with E-state index in [1.165, 1.54) is 0 Å². The first-order chi connectivity index (χ1) is 8.51. The van der Waals surface area contributed by atoms with Gasteiger partial charge in [0.05, 0.1) is 7.11 Å². The number of carbonyl (C=O) groups is 1. The maximum Gasteiger partial charge on any atom is 0.303 e. The van der Waals surface area contributed by atoms with Crippen LogP contribution in [0.25, 0.3) is 0 Å². The van der Waals surface area contributed by atoms with E-state index in [2.05, 4.69) is 15.3 Å². The molecule has 6 nitrogen and oxygen atoms in total. The Bertz CT molecular complexity index is 410. The van der Waals surface area contributed by atoms with E-state index in [-0.39, 0.29) is 12.3 Å². The molecule has 0 aliphatic heterocycles. The van der Waals surface area contributed by atoms with E-state index in [1.54, 1.807) is 13.2 Å². The van der Waals surface area contributed by atoms with Gasteiger partial charge in [0.25, 0.3) is 0 Å². The van der Waals surface area contributed by atoms with Crippen molar-refractivity contribution < 1.29 is 14.6 Å². The maximum atomic E-state index is 10.4. The molecular formula is C12H19N3O3. The molecule has 0 bridgehead atoms. The van der Waals surface area contributed by atoms with Crippen molar-refractivity contribution in [3.8, 4) is 5.88 Å². The molecule has 1 unspecified atom stereocenters. The number of nitrogens with zero attached hydrogens (tertiary/aromatic N) is 2. The Morgan fingerprint density at radius 1 is 1.56 bits per heavy atom. The molecule has 2 N–H and O–H groups in total. The van der Waals surface area contributed by atoms with Crippen molar-refractivity contribution in [1.82, 2.24) is 9.97 Å². The number of carboxylic acid groups (broad SMARTS) is 1. The number of methoxy groups -OCH3 is 1. The molecule has 18 heavy (non-hydrogen) atoms. The van der Waals surface area contributed by atoms with Crippen molar-refractivity contribution in [2.75, 3.05) is 19.0 Å². The summed E-state index contributed by atoms with van der Waals surface area (Å²) in [6, 6.07) is 1.75. The third kappa shape index (κ3) is 4.99. The zero-order valence-electron chi connectivity index (χ0n) is 10.9. The van der Waals surface area contributed by atoms with Gasteiger partial charge in [0.15, 0.2) is 0 Å². The molecule has 0 radical (unpaired) electrons. The fourth-order valence-electron chi connectivity index (χ4n) is 1.46. The van der Waals surface area contributed by atoms with Gasteiger partial charge in [0.2, 0.25) is 11.8 Å². The maximum absolute atomic E-state index is 10.4. The number of aryl methyl sites for hydroxylation is 1. The van der Waals surface area contributed by atoms with Crippen LogP contribution in [0.1, 0.15) is 25.5 Å². The highest BCUT2D eigenvalue weighted by atomic mass is 16.5. The van der Waals surface area contributed by atoms with E-state index >= 15 is 0 Å². The Morgan fingerprint density at radius 3 is 2.89 bits per heavy atom. The van der Waals surface area contributed by atoms with Crippen molar-refractivity contribution in [3.05, 3.63) is 11.8 Å².